The summed E-state index contributed by atoms with van der Waals surface area (Å²) in [6, 6.07) is -0.117. The minimum atomic E-state index is -0.832. The van der Waals surface area contributed by atoms with Gasteiger partial charge in [0, 0.05) is 39.0 Å². The van der Waals surface area contributed by atoms with Crippen molar-refractivity contribution < 1.29 is 19.5 Å². The molecule has 2 saturated heterocycles. The van der Waals surface area contributed by atoms with Crippen molar-refractivity contribution in [2.24, 2.45) is 5.92 Å². The Morgan fingerprint density at radius 3 is 2.39 bits per heavy atom. The summed E-state index contributed by atoms with van der Waals surface area (Å²) in [6.45, 7) is 1.84. The van der Waals surface area contributed by atoms with E-state index in [1.54, 1.807) is 9.80 Å². The van der Waals surface area contributed by atoms with Crippen LogP contribution in [0.4, 0.5) is 4.79 Å². The number of amides is 2. The van der Waals surface area contributed by atoms with Gasteiger partial charge in [0.15, 0.2) is 0 Å². The zero-order chi connectivity index (χ0) is 13.1. The molecule has 0 spiro atoms. The van der Waals surface area contributed by atoms with Gasteiger partial charge in [-0.3, -0.25) is 9.59 Å². The molecule has 0 bridgehead atoms. The lowest BCUT2D eigenvalue weighted by molar-refractivity contribution is -0.143. The molecule has 18 heavy (non-hydrogen) atoms. The summed E-state index contributed by atoms with van der Waals surface area (Å²) < 4.78 is 0. The summed E-state index contributed by atoms with van der Waals surface area (Å²) in [7, 11) is 0. The summed E-state index contributed by atoms with van der Waals surface area (Å²) in [5.74, 6) is -1.09. The number of urea groups is 1. The van der Waals surface area contributed by atoms with E-state index in [1.807, 2.05) is 0 Å². The number of Topliss-reactive ketones (excluding diaryl/α,β-unsaturated/α-hetero) is 1. The maximum atomic E-state index is 12.2. The molecule has 1 unspecified atom stereocenters. The van der Waals surface area contributed by atoms with Gasteiger partial charge in [-0.25, -0.2) is 4.79 Å². The Kier molecular flexibility index (Phi) is 3.84. The van der Waals surface area contributed by atoms with Crippen LogP contribution in [0.1, 0.15) is 25.7 Å². The van der Waals surface area contributed by atoms with Crippen molar-refractivity contribution >= 4 is 17.8 Å². The van der Waals surface area contributed by atoms with E-state index in [0.717, 1.165) is 6.42 Å². The molecule has 0 aromatic rings. The third kappa shape index (κ3) is 2.80. The third-order valence-corrected chi connectivity index (χ3v) is 3.63. The van der Waals surface area contributed by atoms with Crippen LogP contribution in [-0.4, -0.2) is 58.9 Å². The first kappa shape index (κ1) is 12.9. The molecule has 0 aromatic heterocycles. The van der Waals surface area contributed by atoms with E-state index in [4.69, 9.17) is 5.11 Å². The van der Waals surface area contributed by atoms with E-state index in [1.165, 1.54) is 0 Å². The number of carboxylic acid groups (broad SMARTS) is 1. The Balaban J connectivity index is 1.92. The zero-order valence-electron chi connectivity index (χ0n) is 10.3. The Bertz CT molecular complexity index is 359. The molecule has 0 saturated carbocycles. The zero-order valence-corrected chi connectivity index (χ0v) is 10.3. The fraction of sp³-hybridized carbons (Fsp3) is 0.750. The predicted octanol–water partition coefficient (Wildman–Crippen LogP) is 0.568. The number of aliphatic carboxylic acids is 1. The lowest BCUT2D eigenvalue weighted by atomic mass is 9.98. The number of ketones is 1. The normalized spacial score (nSPS) is 25.1. The molecule has 1 N–H and O–H groups in total. The van der Waals surface area contributed by atoms with Crippen LogP contribution in [0.15, 0.2) is 0 Å². The molecular weight excluding hydrogens is 236 g/mol. The van der Waals surface area contributed by atoms with E-state index in [2.05, 4.69) is 0 Å². The quantitative estimate of drug-likeness (QED) is 0.742. The monoisotopic (exact) mass is 254 g/mol. The number of likely N-dealkylation sites (tertiary alicyclic amines) is 2. The first-order chi connectivity index (χ1) is 8.58. The lowest BCUT2D eigenvalue weighted by Crippen LogP contribution is -2.50. The van der Waals surface area contributed by atoms with Crippen LogP contribution in [0, 0.1) is 5.92 Å². The van der Waals surface area contributed by atoms with Crippen LogP contribution in [0.2, 0.25) is 0 Å². The van der Waals surface area contributed by atoms with Crippen LogP contribution < -0.4 is 0 Å². The summed E-state index contributed by atoms with van der Waals surface area (Å²) in [6.07, 6.45) is 2.21. The van der Waals surface area contributed by atoms with Gasteiger partial charge in [-0.15, -0.1) is 0 Å². The molecule has 6 heteroatoms. The second-order valence-corrected chi connectivity index (χ2v) is 4.93. The molecule has 2 aliphatic rings. The number of nitrogens with zero attached hydrogens (tertiary/aromatic N) is 2. The number of carbonyl (C=O) groups is 3. The minimum Gasteiger partial charge on any atom is -0.481 e. The lowest BCUT2D eigenvalue weighted by Gasteiger charge is -2.36. The molecule has 2 amide bonds. The highest BCUT2D eigenvalue weighted by Gasteiger charge is 2.31. The molecule has 2 fully saturated rings. The smallest absolute Gasteiger partial charge is 0.320 e. The van der Waals surface area contributed by atoms with E-state index >= 15 is 0 Å². The topological polar surface area (TPSA) is 77.9 Å². The molecule has 1 atom stereocenters. The predicted molar refractivity (Wildman–Crippen MR) is 63.1 cm³/mol. The number of hydrogen-bond donors (Lipinski definition) is 1. The first-order valence-corrected chi connectivity index (χ1v) is 6.36. The van der Waals surface area contributed by atoms with Gasteiger partial charge in [-0.2, -0.15) is 0 Å². The van der Waals surface area contributed by atoms with Gasteiger partial charge in [-0.1, -0.05) is 0 Å². The molecule has 0 aromatic carbocycles. The SMILES string of the molecule is O=C1CCN(C(=O)N2CCCC(C(=O)O)C2)CC1. The fourth-order valence-electron chi connectivity index (χ4n) is 2.50. The number of piperidine rings is 2. The largest absolute Gasteiger partial charge is 0.481 e. The minimum absolute atomic E-state index is 0.117. The van der Waals surface area contributed by atoms with Crippen LogP contribution in [0.3, 0.4) is 0 Å². The van der Waals surface area contributed by atoms with Gasteiger partial charge in [0.1, 0.15) is 5.78 Å². The number of carboxylic acids is 1. The number of hydrogen-bond acceptors (Lipinski definition) is 3. The van der Waals surface area contributed by atoms with Crippen molar-refractivity contribution in [2.75, 3.05) is 26.2 Å². The molecule has 2 rings (SSSR count). The van der Waals surface area contributed by atoms with Gasteiger partial charge in [0.25, 0.3) is 0 Å². The van der Waals surface area contributed by atoms with E-state index in [0.29, 0.717) is 45.4 Å². The highest BCUT2D eigenvalue weighted by Crippen LogP contribution is 2.19. The Morgan fingerprint density at radius 2 is 1.78 bits per heavy atom. The van der Waals surface area contributed by atoms with E-state index in [9.17, 15) is 14.4 Å². The molecule has 6 nitrogen and oxygen atoms in total. The molecule has 0 aliphatic carbocycles. The Hall–Kier alpha value is -1.59. The maximum Gasteiger partial charge on any atom is 0.320 e. The molecular formula is C12H18N2O4. The van der Waals surface area contributed by atoms with Crippen molar-refractivity contribution in [3.63, 3.8) is 0 Å². The summed E-state index contributed by atoms with van der Waals surface area (Å²) >= 11 is 0. The van der Waals surface area contributed by atoms with Crippen molar-refractivity contribution in [3.05, 3.63) is 0 Å². The number of rotatable bonds is 1. The van der Waals surface area contributed by atoms with Gasteiger partial charge in [0.2, 0.25) is 0 Å². The van der Waals surface area contributed by atoms with Crippen LogP contribution in [0.5, 0.6) is 0 Å². The van der Waals surface area contributed by atoms with Crippen molar-refractivity contribution in [3.8, 4) is 0 Å². The van der Waals surface area contributed by atoms with Crippen LogP contribution in [0.25, 0.3) is 0 Å². The Labute approximate surface area is 106 Å². The van der Waals surface area contributed by atoms with Gasteiger partial charge < -0.3 is 14.9 Å². The van der Waals surface area contributed by atoms with Crippen molar-refractivity contribution in [1.82, 2.24) is 9.80 Å². The van der Waals surface area contributed by atoms with Gasteiger partial charge >= 0.3 is 12.0 Å². The third-order valence-electron chi connectivity index (χ3n) is 3.63. The van der Waals surface area contributed by atoms with E-state index < -0.39 is 11.9 Å². The standard InChI is InChI=1S/C12H18N2O4/c15-10-3-6-13(7-4-10)12(18)14-5-1-2-9(8-14)11(16)17/h9H,1-8H2,(H,16,17). The maximum absolute atomic E-state index is 12.2. The second kappa shape index (κ2) is 5.37. The molecule has 100 valence electrons. The van der Waals surface area contributed by atoms with Crippen LogP contribution in [-0.2, 0) is 9.59 Å². The molecule has 2 heterocycles. The first-order valence-electron chi connectivity index (χ1n) is 6.36. The van der Waals surface area contributed by atoms with Crippen LogP contribution >= 0.6 is 0 Å². The highest BCUT2D eigenvalue weighted by molar-refractivity contribution is 5.83. The Morgan fingerprint density at radius 1 is 1.11 bits per heavy atom. The van der Waals surface area contributed by atoms with Crippen molar-refractivity contribution in [2.45, 2.75) is 25.7 Å². The summed E-state index contributed by atoms with van der Waals surface area (Å²) in [5.41, 5.74) is 0. The average Bonchev–Trinajstić information content (AvgIpc) is 2.39. The molecule has 0 radical (unpaired) electrons. The van der Waals surface area contributed by atoms with E-state index in [-0.39, 0.29) is 11.8 Å². The summed E-state index contributed by atoms with van der Waals surface area (Å²) in [5, 5.41) is 8.99. The van der Waals surface area contributed by atoms with Gasteiger partial charge in [-0.05, 0) is 12.8 Å². The summed E-state index contributed by atoms with van der Waals surface area (Å²) in [4.78, 5) is 37.5. The van der Waals surface area contributed by atoms with Crippen molar-refractivity contribution in [1.29, 1.82) is 0 Å². The second-order valence-electron chi connectivity index (χ2n) is 4.93. The van der Waals surface area contributed by atoms with Gasteiger partial charge in [0.05, 0.1) is 5.92 Å². The average molecular weight is 254 g/mol. The highest BCUT2D eigenvalue weighted by atomic mass is 16.4. The molecule has 2 aliphatic heterocycles. The number of carbonyl (C=O) groups excluding carboxylic acids is 2. The fourth-order valence-corrected chi connectivity index (χ4v) is 2.50.